The Morgan fingerprint density at radius 3 is 1.94 bits per heavy atom. The number of amides is 1. The maximum absolute atomic E-state index is 11.7. The van der Waals surface area contributed by atoms with Gasteiger partial charge in [-0.3, -0.25) is 4.79 Å². The molecule has 0 aliphatic rings. The van der Waals surface area contributed by atoms with Crippen LogP contribution in [0.3, 0.4) is 0 Å². The van der Waals surface area contributed by atoms with Gasteiger partial charge in [-0.1, -0.05) is 32.1 Å². The van der Waals surface area contributed by atoms with E-state index >= 15 is 0 Å². The lowest BCUT2D eigenvalue weighted by atomic mass is 10.1. The van der Waals surface area contributed by atoms with Gasteiger partial charge >= 0.3 is 0 Å². The second kappa shape index (κ2) is 12.5. The van der Waals surface area contributed by atoms with Crippen LogP contribution in [0.25, 0.3) is 0 Å². The van der Waals surface area contributed by atoms with Gasteiger partial charge in [-0.25, -0.2) is 0 Å². The Bertz CT molecular complexity index is 238. The quantitative estimate of drug-likeness (QED) is 0.401. The lowest BCUT2D eigenvalue weighted by molar-refractivity contribution is -0.130. The van der Waals surface area contributed by atoms with Crippen molar-refractivity contribution in [2.24, 2.45) is 0 Å². The predicted octanol–water partition coefficient (Wildman–Crippen LogP) is 4.00. The van der Waals surface area contributed by atoms with Gasteiger partial charge in [0.2, 0.25) is 5.91 Å². The molecule has 0 atom stereocenters. The van der Waals surface area contributed by atoms with Crippen molar-refractivity contribution in [3.63, 3.8) is 0 Å². The molecule has 0 heterocycles. The molecule has 2 nitrogen and oxygen atoms in total. The van der Waals surface area contributed by atoms with Crippen molar-refractivity contribution >= 4 is 5.91 Å². The van der Waals surface area contributed by atoms with E-state index in [1.165, 1.54) is 32.1 Å². The van der Waals surface area contributed by atoms with E-state index in [2.05, 4.69) is 5.92 Å². The topological polar surface area (TPSA) is 20.3 Å². The average molecular weight is 251 g/mol. The molecule has 104 valence electrons. The molecule has 0 bridgehead atoms. The summed E-state index contributed by atoms with van der Waals surface area (Å²) in [6.45, 7) is 5.75. The van der Waals surface area contributed by atoms with Crippen LogP contribution in [-0.2, 0) is 4.79 Å². The summed E-state index contributed by atoms with van der Waals surface area (Å²) >= 11 is 0. The Kier molecular flexibility index (Phi) is 11.8. The highest BCUT2D eigenvalue weighted by molar-refractivity contribution is 5.75. The highest BCUT2D eigenvalue weighted by Gasteiger charge is 2.07. The summed E-state index contributed by atoms with van der Waals surface area (Å²) in [6.07, 6.45) is 15.3. The molecular weight excluding hydrogens is 222 g/mol. The zero-order valence-electron chi connectivity index (χ0n) is 12.2. The third-order valence-electron chi connectivity index (χ3n) is 3.33. The molecule has 0 aromatic carbocycles. The van der Waals surface area contributed by atoms with Crippen molar-refractivity contribution in [3.05, 3.63) is 0 Å². The molecule has 0 spiro atoms. The maximum Gasteiger partial charge on any atom is 0.222 e. The molecule has 0 unspecified atom stereocenters. The average Bonchev–Trinajstić information content (AvgIpc) is 2.38. The number of carbonyl (C=O) groups is 1. The summed E-state index contributed by atoms with van der Waals surface area (Å²) in [6, 6.07) is 0. The second-order valence-electron chi connectivity index (χ2n) is 4.75. The molecule has 18 heavy (non-hydrogen) atoms. The molecule has 0 N–H and O–H groups in total. The summed E-state index contributed by atoms with van der Waals surface area (Å²) in [5, 5.41) is 0. The van der Waals surface area contributed by atoms with Gasteiger partial charge in [0.05, 0.1) is 0 Å². The first-order valence-electron chi connectivity index (χ1n) is 7.47. The minimum Gasteiger partial charge on any atom is -0.343 e. The summed E-state index contributed by atoms with van der Waals surface area (Å²) in [4.78, 5) is 13.6. The van der Waals surface area contributed by atoms with Crippen molar-refractivity contribution in [1.29, 1.82) is 0 Å². The van der Waals surface area contributed by atoms with Crippen molar-refractivity contribution in [1.82, 2.24) is 4.90 Å². The largest absolute Gasteiger partial charge is 0.343 e. The fourth-order valence-electron chi connectivity index (χ4n) is 2.12. The van der Waals surface area contributed by atoms with Crippen molar-refractivity contribution < 1.29 is 4.79 Å². The number of nitrogens with zero attached hydrogens (tertiary/aromatic N) is 1. The summed E-state index contributed by atoms with van der Waals surface area (Å²) in [7, 11) is 0. The summed E-state index contributed by atoms with van der Waals surface area (Å²) in [5.74, 6) is 2.98. The highest BCUT2D eigenvalue weighted by atomic mass is 16.2. The predicted molar refractivity (Wildman–Crippen MR) is 78.3 cm³/mol. The molecule has 0 fully saturated rings. The normalized spacial score (nSPS) is 10.1. The van der Waals surface area contributed by atoms with Gasteiger partial charge in [0, 0.05) is 25.9 Å². The standard InChI is InChI=1S/C16H29NO/c1-4-7-8-9-10-11-12-13-14-15-16(18)17(5-2)6-3/h1H,5-15H2,2-3H3. The van der Waals surface area contributed by atoms with Crippen LogP contribution >= 0.6 is 0 Å². The van der Waals surface area contributed by atoms with E-state index in [9.17, 15) is 4.79 Å². The molecule has 0 aromatic rings. The van der Waals surface area contributed by atoms with E-state index in [1.807, 2.05) is 18.7 Å². The van der Waals surface area contributed by atoms with E-state index in [1.54, 1.807) is 0 Å². The molecule has 0 saturated carbocycles. The minimum atomic E-state index is 0.314. The Balaban J connectivity index is 3.30. The van der Waals surface area contributed by atoms with Crippen molar-refractivity contribution in [2.75, 3.05) is 13.1 Å². The van der Waals surface area contributed by atoms with Gasteiger partial charge < -0.3 is 4.90 Å². The van der Waals surface area contributed by atoms with Crippen LogP contribution in [0.15, 0.2) is 0 Å². The Hall–Kier alpha value is -0.970. The zero-order chi connectivity index (χ0) is 13.6. The van der Waals surface area contributed by atoms with E-state index < -0.39 is 0 Å². The van der Waals surface area contributed by atoms with Crippen molar-refractivity contribution in [3.8, 4) is 12.3 Å². The van der Waals surface area contributed by atoms with Gasteiger partial charge in [-0.2, -0.15) is 0 Å². The number of carbonyl (C=O) groups excluding carboxylic acids is 1. The van der Waals surface area contributed by atoms with Crippen LogP contribution in [0, 0.1) is 12.3 Å². The third-order valence-corrected chi connectivity index (χ3v) is 3.33. The van der Waals surface area contributed by atoms with E-state index in [-0.39, 0.29) is 0 Å². The number of hydrogen-bond acceptors (Lipinski definition) is 1. The summed E-state index contributed by atoms with van der Waals surface area (Å²) in [5.41, 5.74) is 0. The van der Waals surface area contributed by atoms with E-state index in [0.717, 1.165) is 38.8 Å². The van der Waals surface area contributed by atoms with E-state index in [0.29, 0.717) is 5.91 Å². The smallest absolute Gasteiger partial charge is 0.222 e. The molecular formula is C16H29NO. The van der Waals surface area contributed by atoms with Crippen LogP contribution in [0.2, 0.25) is 0 Å². The fraction of sp³-hybridized carbons (Fsp3) is 0.812. The molecule has 1 amide bonds. The second-order valence-corrected chi connectivity index (χ2v) is 4.75. The van der Waals surface area contributed by atoms with Crippen LogP contribution in [-0.4, -0.2) is 23.9 Å². The zero-order valence-corrected chi connectivity index (χ0v) is 12.2. The molecule has 0 aliphatic heterocycles. The van der Waals surface area contributed by atoms with Gasteiger partial charge in [0.1, 0.15) is 0 Å². The summed E-state index contributed by atoms with van der Waals surface area (Å²) < 4.78 is 0. The Labute approximate surface area is 113 Å². The lowest BCUT2D eigenvalue weighted by Crippen LogP contribution is -2.30. The first-order valence-corrected chi connectivity index (χ1v) is 7.47. The Morgan fingerprint density at radius 1 is 0.944 bits per heavy atom. The first kappa shape index (κ1) is 17.0. The monoisotopic (exact) mass is 251 g/mol. The number of hydrogen-bond donors (Lipinski definition) is 0. The van der Waals surface area contributed by atoms with Crippen LogP contribution in [0.5, 0.6) is 0 Å². The first-order chi connectivity index (χ1) is 8.76. The van der Waals surface area contributed by atoms with Gasteiger partial charge in [0.15, 0.2) is 0 Å². The molecule has 0 saturated heterocycles. The fourth-order valence-corrected chi connectivity index (χ4v) is 2.12. The molecule has 2 heteroatoms. The van der Waals surface area contributed by atoms with Crippen molar-refractivity contribution in [2.45, 2.75) is 71.6 Å². The van der Waals surface area contributed by atoms with Gasteiger partial charge in [-0.05, 0) is 26.7 Å². The highest BCUT2D eigenvalue weighted by Crippen LogP contribution is 2.10. The minimum absolute atomic E-state index is 0.314. The molecule has 0 aliphatic carbocycles. The number of unbranched alkanes of at least 4 members (excludes halogenated alkanes) is 7. The lowest BCUT2D eigenvalue weighted by Gasteiger charge is -2.18. The number of terminal acetylenes is 1. The molecule has 0 radical (unpaired) electrons. The van der Waals surface area contributed by atoms with Gasteiger partial charge in [-0.15, -0.1) is 12.3 Å². The van der Waals surface area contributed by atoms with Crippen LogP contribution < -0.4 is 0 Å². The van der Waals surface area contributed by atoms with Crippen LogP contribution in [0.4, 0.5) is 0 Å². The maximum atomic E-state index is 11.7. The van der Waals surface area contributed by atoms with E-state index in [4.69, 9.17) is 6.42 Å². The SMILES string of the molecule is C#CCCCCCCCCCC(=O)N(CC)CC. The molecule has 0 aromatic heterocycles. The third kappa shape index (κ3) is 9.10. The molecule has 0 rings (SSSR count). The Morgan fingerprint density at radius 2 is 1.44 bits per heavy atom. The number of rotatable bonds is 11. The van der Waals surface area contributed by atoms with Crippen LogP contribution in [0.1, 0.15) is 71.6 Å². The van der Waals surface area contributed by atoms with Gasteiger partial charge in [0.25, 0.3) is 0 Å².